The van der Waals surface area contributed by atoms with Gasteiger partial charge in [0.05, 0.1) is 7.11 Å². The number of ether oxygens (including phenoxy) is 2. The highest BCUT2D eigenvalue weighted by Gasteiger charge is 2.13. The summed E-state index contributed by atoms with van der Waals surface area (Å²) < 4.78 is 10.4. The van der Waals surface area contributed by atoms with Crippen LogP contribution in [-0.4, -0.2) is 18.1 Å². The van der Waals surface area contributed by atoms with Crippen LogP contribution in [0.25, 0.3) is 10.6 Å². The number of methoxy groups -OCH3 is 1. The topological polar surface area (TPSA) is 48.4 Å². The summed E-state index contributed by atoms with van der Waals surface area (Å²) in [6.07, 6.45) is 0. The van der Waals surface area contributed by atoms with Crippen molar-refractivity contribution in [2.24, 2.45) is 0 Å². The van der Waals surface area contributed by atoms with Crippen LogP contribution >= 0.6 is 22.7 Å². The first-order valence-electron chi connectivity index (χ1n) is 6.54. The molecule has 0 saturated heterocycles. The SMILES string of the molecule is COc1ccc(-c2nc(C(=O)OCc3ccsc3)cs2)cc1. The van der Waals surface area contributed by atoms with Gasteiger partial charge in [-0.2, -0.15) is 11.3 Å². The number of hydrogen-bond acceptors (Lipinski definition) is 6. The summed E-state index contributed by atoms with van der Waals surface area (Å²) in [4.78, 5) is 16.3. The lowest BCUT2D eigenvalue weighted by atomic mass is 10.2. The van der Waals surface area contributed by atoms with Crippen molar-refractivity contribution in [2.45, 2.75) is 6.61 Å². The van der Waals surface area contributed by atoms with E-state index in [1.807, 2.05) is 41.1 Å². The largest absolute Gasteiger partial charge is 0.497 e. The van der Waals surface area contributed by atoms with Gasteiger partial charge in [-0.15, -0.1) is 11.3 Å². The summed E-state index contributed by atoms with van der Waals surface area (Å²) in [6, 6.07) is 9.49. The highest BCUT2D eigenvalue weighted by atomic mass is 32.1. The molecule has 4 nitrogen and oxygen atoms in total. The molecule has 6 heteroatoms. The van der Waals surface area contributed by atoms with Crippen molar-refractivity contribution in [3.8, 4) is 16.3 Å². The van der Waals surface area contributed by atoms with Crippen LogP contribution in [0.4, 0.5) is 0 Å². The van der Waals surface area contributed by atoms with Gasteiger partial charge >= 0.3 is 5.97 Å². The van der Waals surface area contributed by atoms with E-state index in [1.54, 1.807) is 23.8 Å². The number of carbonyl (C=O) groups is 1. The van der Waals surface area contributed by atoms with Crippen LogP contribution in [0.3, 0.4) is 0 Å². The van der Waals surface area contributed by atoms with E-state index >= 15 is 0 Å². The van der Waals surface area contributed by atoms with E-state index in [9.17, 15) is 4.79 Å². The molecule has 0 unspecified atom stereocenters. The molecule has 0 atom stereocenters. The number of thiazole rings is 1. The predicted molar refractivity (Wildman–Crippen MR) is 87.5 cm³/mol. The smallest absolute Gasteiger partial charge is 0.358 e. The summed E-state index contributed by atoms with van der Waals surface area (Å²) in [5.41, 5.74) is 2.28. The van der Waals surface area contributed by atoms with E-state index in [-0.39, 0.29) is 6.61 Å². The summed E-state index contributed by atoms with van der Waals surface area (Å²) in [6.45, 7) is 0.276. The number of esters is 1. The van der Waals surface area contributed by atoms with E-state index < -0.39 is 5.97 Å². The highest BCUT2D eigenvalue weighted by molar-refractivity contribution is 7.13. The zero-order valence-corrected chi connectivity index (χ0v) is 13.4. The van der Waals surface area contributed by atoms with Crippen LogP contribution in [0.15, 0.2) is 46.5 Å². The zero-order valence-electron chi connectivity index (χ0n) is 11.8. The second kappa shape index (κ2) is 6.72. The van der Waals surface area contributed by atoms with Gasteiger partial charge in [0, 0.05) is 16.5 Å². The second-order valence-electron chi connectivity index (χ2n) is 4.47. The van der Waals surface area contributed by atoms with Gasteiger partial charge in [0.25, 0.3) is 0 Å². The third-order valence-corrected chi connectivity index (χ3v) is 4.62. The standard InChI is InChI=1S/C16H13NO3S2/c1-19-13-4-2-12(3-5-13)15-17-14(10-22-15)16(18)20-8-11-6-7-21-9-11/h2-7,9-10H,8H2,1H3. The third-order valence-electron chi connectivity index (χ3n) is 3.00. The Morgan fingerprint density at radius 3 is 2.68 bits per heavy atom. The second-order valence-corrected chi connectivity index (χ2v) is 6.11. The fraction of sp³-hybridized carbons (Fsp3) is 0.125. The third kappa shape index (κ3) is 3.35. The van der Waals surface area contributed by atoms with Gasteiger partial charge in [0.1, 0.15) is 17.4 Å². The predicted octanol–water partition coefficient (Wildman–Crippen LogP) is 4.24. The molecule has 0 saturated carbocycles. The number of aromatic nitrogens is 1. The first-order valence-corrected chi connectivity index (χ1v) is 8.36. The zero-order chi connectivity index (χ0) is 15.4. The highest BCUT2D eigenvalue weighted by Crippen LogP contribution is 2.26. The maximum Gasteiger partial charge on any atom is 0.358 e. The molecule has 0 fully saturated rings. The molecule has 1 aromatic carbocycles. The first-order chi connectivity index (χ1) is 10.8. The minimum absolute atomic E-state index is 0.276. The van der Waals surface area contributed by atoms with E-state index in [0.29, 0.717) is 5.69 Å². The Balaban J connectivity index is 1.68. The van der Waals surface area contributed by atoms with Crippen LogP contribution in [0, 0.1) is 0 Å². The minimum Gasteiger partial charge on any atom is -0.497 e. The number of hydrogen-bond donors (Lipinski definition) is 0. The van der Waals surface area contributed by atoms with Crippen LogP contribution in [0.5, 0.6) is 5.75 Å². The van der Waals surface area contributed by atoms with Crippen LogP contribution in [0.2, 0.25) is 0 Å². The number of benzene rings is 1. The van der Waals surface area contributed by atoms with Gasteiger partial charge < -0.3 is 9.47 Å². The van der Waals surface area contributed by atoms with Crippen molar-refractivity contribution in [3.05, 3.63) is 57.7 Å². The molecule has 22 heavy (non-hydrogen) atoms. The molecule has 0 aliphatic carbocycles. The van der Waals surface area contributed by atoms with E-state index in [2.05, 4.69) is 4.98 Å². The van der Waals surface area contributed by atoms with Crippen molar-refractivity contribution in [1.82, 2.24) is 4.98 Å². The average molecular weight is 331 g/mol. The lowest BCUT2D eigenvalue weighted by Gasteiger charge is -2.01. The first kappa shape index (κ1) is 14.7. The molecule has 0 aliphatic rings. The van der Waals surface area contributed by atoms with Gasteiger partial charge in [0.2, 0.25) is 0 Å². The molecule has 0 spiro atoms. The molecule has 0 radical (unpaired) electrons. The van der Waals surface area contributed by atoms with Crippen LogP contribution in [0.1, 0.15) is 16.1 Å². The normalized spacial score (nSPS) is 10.4. The van der Waals surface area contributed by atoms with Gasteiger partial charge in [-0.3, -0.25) is 0 Å². The van der Waals surface area contributed by atoms with Gasteiger partial charge in [-0.1, -0.05) is 0 Å². The van der Waals surface area contributed by atoms with Crippen molar-refractivity contribution in [1.29, 1.82) is 0 Å². The Morgan fingerprint density at radius 1 is 1.18 bits per heavy atom. The molecule has 2 aromatic heterocycles. The summed E-state index contributed by atoms with van der Waals surface area (Å²) in [5.74, 6) is 0.387. The fourth-order valence-electron chi connectivity index (χ4n) is 1.83. The molecule has 3 rings (SSSR count). The van der Waals surface area contributed by atoms with Crippen LogP contribution in [-0.2, 0) is 11.3 Å². The Morgan fingerprint density at radius 2 is 2.00 bits per heavy atom. The molecule has 0 bridgehead atoms. The van der Waals surface area contributed by atoms with Crippen molar-refractivity contribution >= 4 is 28.6 Å². The van der Waals surface area contributed by atoms with E-state index in [1.165, 1.54) is 11.3 Å². The summed E-state index contributed by atoms with van der Waals surface area (Å²) in [5, 5.41) is 6.41. The molecule has 0 N–H and O–H groups in total. The molecule has 0 aliphatic heterocycles. The summed E-state index contributed by atoms with van der Waals surface area (Å²) in [7, 11) is 1.62. The summed E-state index contributed by atoms with van der Waals surface area (Å²) >= 11 is 2.99. The maximum atomic E-state index is 12.0. The minimum atomic E-state index is -0.401. The number of carbonyl (C=O) groups excluding carboxylic acids is 1. The Kier molecular flexibility index (Phi) is 4.50. The van der Waals surface area contributed by atoms with Gasteiger partial charge in [-0.25, -0.2) is 9.78 Å². The Hall–Kier alpha value is -2.18. The molecule has 3 aromatic rings. The Bertz CT molecular complexity index is 748. The van der Waals surface area contributed by atoms with Gasteiger partial charge in [-0.05, 0) is 41.1 Å². The lowest BCUT2D eigenvalue weighted by molar-refractivity contribution is 0.0467. The van der Waals surface area contributed by atoms with E-state index in [4.69, 9.17) is 9.47 Å². The molecular formula is C16H13NO3S2. The Labute approximate surface area is 136 Å². The van der Waals surface area contributed by atoms with Crippen molar-refractivity contribution in [3.63, 3.8) is 0 Å². The molecule has 0 amide bonds. The maximum absolute atomic E-state index is 12.0. The monoisotopic (exact) mass is 331 g/mol. The fourth-order valence-corrected chi connectivity index (χ4v) is 3.28. The number of nitrogens with zero attached hydrogens (tertiary/aromatic N) is 1. The number of rotatable bonds is 5. The van der Waals surface area contributed by atoms with Crippen LogP contribution < -0.4 is 4.74 Å². The number of thiophene rings is 1. The van der Waals surface area contributed by atoms with E-state index in [0.717, 1.165) is 21.9 Å². The average Bonchev–Trinajstić information content (AvgIpc) is 3.24. The molecular weight excluding hydrogens is 318 g/mol. The van der Waals surface area contributed by atoms with Crippen molar-refractivity contribution < 1.29 is 14.3 Å². The lowest BCUT2D eigenvalue weighted by Crippen LogP contribution is -2.05. The quantitative estimate of drug-likeness (QED) is 0.656. The molecule has 2 heterocycles. The van der Waals surface area contributed by atoms with Crippen molar-refractivity contribution in [2.75, 3.05) is 7.11 Å². The van der Waals surface area contributed by atoms with Gasteiger partial charge in [0.15, 0.2) is 5.69 Å². The molecule has 112 valence electrons.